The summed E-state index contributed by atoms with van der Waals surface area (Å²) in [5.41, 5.74) is 0.905. The third kappa shape index (κ3) is 3.75. The van der Waals surface area contributed by atoms with Crippen molar-refractivity contribution in [3.8, 4) is 11.6 Å². The zero-order valence-corrected chi connectivity index (χ0v) is 12.4. The van der Waals surface area contributed by atoms with Crippen molar-refractivity contribution >= 4 is 5.84 Å². The van der Waals surface area contributed by atoms with E-state index in [1.54, 1.807) is 6.20 Å². The van der Waals surface area contributed by atoms with E-state index in [0.29, 0.717) is 19.1 Å². The zero-order chi connectivity index (χ0) is 15.0. The van der Waals surface area contributed by atoms with Crippen LogP contribution < -0.4 is 14.8 Å². The van der Waals surface area contributed by atoms with Gasteiger partial charge in [0.25, 0.3) is 0 Å². The maximum Gasteiger partial charge on any atom is 0.224 e. The molecule has 1 N–H and O–H groups in total. The normalized spacial score (nSPS) is 13.9. The Labute approximate surface area is 130 Å². The molecule has 0 radical (unpaired) electrons. The van der Waals surface area contributed by atoms with Crippen molar-refractivity contribution in [3.05, 3.63) is 54.2 Å². The highest BCUT2D eigenvalue weighted by atomic mass is 16.5. The Hall–Kier alpha value is -2.56. The van der Waals surface area contributed by atoms with Crippen LogP contribution in [0.25, 0.3) is 0 Å². The van der Waals surface area contributed by atoms with E-state index in [2.05, 4.69) is 15.3 Å². The molecule has 1 aliphatic heterocycles. The fourth-order valence-corrected chi connectivity index (χ4v) is 2.21. The average molecular weight is 297 g/mol. The van der Waals surface area contributed by atoms with Gasteiger partial charge in [0.2, 0.25) is 5.88 Å². The third-order valence-electron chi connectivity index (χ3n) is 3.26. The first-order valence-electron chi connectivity index (χ1n) is 7.48. The summed E-state index contributed by atoms with van der Waals surface area (Å²) in [7, 11) is 0. The number of benzene rings is 1. The summed E-state index contributed by atoms with van der Waals surface area (Å²) in [6.07, 6.45) is 2.78. The van der Waals surface area contributed by atoms with Crippen molar-refractivity contribution < 1.29 is 9.47 Å². The molecule has 0 amide bonds. The largest absolute Gasteiger partial charge is 0.490 e. The Morgan fingerprint density at radius 2 is 1.86 bits per heavy atom. The minimum absolute atomic E-state index is 0.437. The molecule has 0 aliphatic carbocycles. The molecule has 0 atom stereocenters. The van der Waals surface area contributed by atoms with Gasteiger partial charge in [-0.3, -0.25) is 4.99 Å². The molecule has 0 saturated carbocycles. The van der Waals surface area contributed by atoms with Crippen molar-refractivity contribution in [2.75, 3.05) is 26.3 Å². The van der Waals surface area contributed by atoms with Crippen LogP contribution in [0.5, 0.6) is 11.6 Å². The first kappa shape index (κ1) is 14.4. The van der Waals surface area contributed by atoms with Crippen LogP contribution in [-0.2, 0) is 0 Å². The summed E-state index contributed by atoms with van der Waals surface area (Å²) in [6.45, 7) is 2.68. The fourth-order valence-electron chi connectivity index (χ4n) is 2.21. The molecule has 5 nitrogen and oxygen atoms in total. The Morgan fingerprint density at radius 3 is 2.68 bits per heavy atom. The van der Waals surface area contributed by atoms with Gasteiger partial charge in [0.15, 0.2) is 0 Å². The smallest absolute Gasteiger partial charge is 0.224 e. The lowest BCUT2D eigenvalue weighted by molar-refractivity contribution is 0.211. The SMILES string of the molecule is c1ccc(OCCOc2ncccc2C2=NCCCN2)cc1. The standard InChI is InChI=1S/C17H19N3O2/c1-2-6-14(7-3-1)21-12-13-22-17-15(8-4-9-20-17)16-18-10-5-11-19-16/h1-4,6-9H,5,10-13H2,(H,18,19). The number of hydrogen-bond donors (Lipinski definition) is 1. The summed E-state index contributed by atoms with van der Waals surface area (Å²) in [5.74, 6) is 2.29. The lowest BCUT2D eigenvalue weighted by Gasteiger charge is -2.17. The second-order valence-electron chi connectivity index (χ2n) is 4.88. The highest BCUT2D eigenvalue weighted by Crippen LogP contribution is 2.16. The minimum Gasteiger partial charge on any atom is -0.490 e. The van der Waals surface area contributed by atoms with Gasteiger partial charge in [0.05, 0.1) is 5.56 Å². The first-order chi connectivity index (χ1) is 10.9. The molecule has 22 heavy (non-hydrogen) atoms. The number of aromatic nitrogens is 1. The van der Waals surface area contributed by atoms with Gasteiger partial charge in [-0.05, 0) is 30.7 Å². The van der Waals surface area contributed by atoms with Crippen molar-refractivity contribution in [2.24, 2.45) is 4.99 Å². The van der Waals surface area contributed by atoms with Crippen molar-refractivity contribution in [2.45, 2.75) is 6.42 Å². The van der Waals surface area contributed by atoms with Crippen LogP contribution in [0.3, 0.4) is 0 Å². The summed E-state index contributed by atoms with van der Waals surface area (Å²) in [4.78, 5) is 8.79. The van der Waals surface area contributed by atoms with Gasteiger partial charge in [-0.15, -0.1) is 0 Å². The fraction of sp³-hybridized carbons (Fsp3) is 0.294. The van der Waals surface area contributed by atoms with E-state index >= 15 is 0 Å². The van der Waals surface area contributed by atoms with Gasteiger partial charge in [-0.2, -0.15) is 0 Å². The van der Waals surface area contributed by atoms with Gasteiger partial charge < -0.3 is 14.8 Å². The number of nitrogens with zero attached hydrogens (tertiary/aromatic N) is 2. The Bertz CT molecular complexity index is 629. The van der Waals surface area contributed by atoms with Crippen LogP contribution in [0.1, 0.15) is 12.0 Å². The van der Waals surface area contributed by atoms with E-state index in [4.69, 9.17) is 9.47 Å². The molecule has 1 aromatic carbocycles. The predicted molar refractivity (Wildman–Crippen MR) is 85.7 cm³/mol. The molecule has 114 valence electrons. The van der Waals surface area contributed by atoms with E-state index < -0.39 is 0 Å². The molecule has 0 fully saturated rings. The molecule has 5 heteroatoms. The second kappa shape index (κ2) is 7.45. The maximum atomic E-state index is 5.76. The van der Waals surface area contributed by atoms with Crippen molar-refractivity contribution in [1.82, 2.24) is 10.3 Å². The van der Waals surface area contributed by atoms with Gasteiger partial charge in [0.1, 0.15) is 24.8 Å². The molecule has 0 unspecified atom stereocenters. The Morgan fingerprint density at radius 1 is 1.00 bits per heavy atom. The number of pyridine rings is 1. The van der Waals surface area contributed by atoms with Crippen molar-refractivity contribution in [3.63, 3.8) is 0 Å². The summed E-state index contributed by atoms with van der Waals surface area (Å²) >= 11 is 0. The molecule has 2 aromatic rings. The lowest BCUT2D eigenvalue weighted by Crippen LogP contribution is -2.30. The van der Waals surface area contributed by atoms with E-state index in [1.807, 2.05) is 42.5 Å². The minimum atomic E-state index is 0.437. The number of para-hydroxylation sites is 1. The summed E-state index contributed by atoms with van der Waals surface area (Å²) in [6, 6.07) is 13.6. The van der Waals surface area contributed by atoms with Gasteiger partial charge in [-0.1, -0.05) is 18.2 Å². The number of amidine groups is 1. The maximum absolute atomic E-state index is 5.76. The van der Waals surface area contributed by atoms with Gasteiger partial charge in [-0.25, -0.2) is 4.98 Å². The lowest BCUT2D eigenvalue weighted by atomic mass is 10.2. The quantitative estimate of drug-likeness (QED) is 0.831. The van der Waals surface area contributed by atoms with E-state index in [0.717, 1.165) is 36.7 Å². The van der Waals surface area contributed by atoms with Crippen LogP contribution in [-0.4, -0.2) is 37.1 Å². The van der Waals surface area contributed by atoms with Crippen LogP contribution in [0.15, 0.2) is 53.7 Å². The van der Waals surface area contributed by atoms with E-state index in [-0.39, 0.29) is 0 Å². The molecule has 1 aliphatic rings. The molecule has 0 bridgehead atoms. The number of rotatable bonds is 6. The highest BCUT2D eigenvalue weighted by molar-refractivity contribution is 6.00. The summed E-state index contributed by atoms with van der Waals surface area (Å²) < 4.78 is 11.4. The van der Waals surface area contributed by atoms with E-state index in [1.165, 1.54) is 0 Å². The monoisotopic (exact) mass is 297 g/mol. The molecular formula is C17H19N3O2. The average Bonchev–Trinajstić information content (AvgIpc) is 2.61. The second-order valence-corrected chi connectivity index (χ2v) is 4.88. The van der Waals surface area contributed by atoms with Gasteiger partial charge >= 0.3 is 0 Å². The number of hydrogen-bond acceptors (Lipinski definition) is 5. The van der Waals surface area contributed by atoms with E-state index in [9.17, 15) is 0 Å². The van der Waals surface area contributed by atoms with Crippen LogP contribution in [0, 0.1) is 0 Å². The van der Waals surface area contributed by atoms with Crippen molar-refractivity contribution in [1.29, 1.82) is 0 Å². The zero-order valence-electron chi connectivity index (χ0n) is 12.4. The molecule has 0 saturated heterocycles. The first-order valence-corrected chi connectivity index (χ1v) is 7.48. The number of ether oxygens (including phenoxy) is 2. The number of nitrogens with one attached hydrogen (secondary N) is 1. The Kier molecular flexibility index (Phi) is 4.87. The molecular weight excluding hydrogens is 278 g/mol. The molecule has 0 spiro atoms. The van der Waals surface area contributed by atoms with Gasteiger partial charge in [0, 0.05) is 19.3 Å². The Balaban J connectivity index is 1.57. The molecule has 3 rings (SSSR count). The predicted octanol–water partition coefficient (Wildman–Crippen LogP) is 2.28. The molecule has 2 heterocycles. The summed E-state index contributed by atoms with van der Waals surface area (Å²) in [5, 5.41) is 3.29. The highest BCUT2D eigenvalue weighted by Gasteiger charge is 2.13. The van der Waals surface area contributed by atoms with Crippen LogP contribution >= 0.6 is 0 Å². The number of aliphatic imine (C=N–C) groups is 1. The molecule has 1 aromatic heterocycles. The topological polar surface area (TPSA) is 55.7 Å². The van der Waals surface area contributed by atoms with Crippen LogP contribution in [0.2, 0.25) is 0 Å². The third-order valence-corrected chi connectivity index (χ3v) is 3.26. The van der Waals surface area contributed by atoms with Crippen LogP contribution in [0.4, 0.5) is 0 Å².